The predicted molar refractivity (Wildman–Crippen MR) is 119 cm³/mol. The fraction of sp³-hybridized carbons (Fsp3) is 0.400. The molecule has 0 aliphatic rings. The number of nitrogens with zero attached hydrogens (tertiary/aromatic N) is 3. The number of phenols is 1. The maximum absolute atomic E-state index is 12.9. The fourth-order valence-electron chi connectivity index (χ4n) is 3.06. The second kappa shape index (κ2) is 10.5. The zero-order chi connectivity index (χ0) is 25.0. The van der Waals surface area contributed by atoms with E-state index in [1.165, 1.54) is 32.0 Å². The maximum Gasteiger partial charge on any atom is 0.434 e. The third-order valence-electron chi connectivity index (χ3n) is 4.70. The van der Waals surface area contributed by atoms with Crippen molar-refractivity contribution < 1.29 is 37.1 Å². The molecule has 0 aliphatic heterocycles. The van der Waals surface area contributed by atoms with E-state index >= 15 is 0 Å². The molecule has 2 heterocycles. The van der Waals surface area contributed by atoms with Crippen molar-refractivity contribution in [2.75, 3.05) is 25.3 Å². The lowest BCUT2D eigenvalue weighted by Crippen LogP contribution is -2.15. The second-order valence-corrected chi connectivity index (χ2v) is 8.88. The molecule has 0 saturated carbocycles. The molecule has 14 heteroatoms. The van der Waals surface area contributed by atoms with Gasteiger partial charge in [0.25, 0.3) is 0 Å². The number of thioether (sulfide) groups is 1. The molecule has 34 heavy (non-hydrogen) atoms. The summed E-state index contributed by atoms with van der Waals surface area (Å²) in [4.78, 5) is 20.1. The Bertz CT molecular complexity index is 1170. The lowest BCUT2D eigenvalue weighted by atomic mass is 10.0. The van der Waals surface area contributed by atoms with Crippen molar-refractivity contribution in [2.24, 2.45) is 0 Å². The summed E-state index contributed by atoms with van der Waals surface area (Å²) in [6, 6.07) is 0.727. The molecular formula is C20H21F3N4O5S2. The first-order valence-corrected chi connectivity index (χ1v) is 11.7. The van der Waals surface area contributed by atoms with Gasteiger partial charge in [0, 0.05) is 34.1 Å². The van der Waals surface area contributed by atoms with Gasteiger partial charge in [-0.1, -0.05) is 5.16 Å². The van der Waals surface area contributed by atoms with E-state index in [0.717, 1.165) is 16.7 Å². The van der Waals surface area contributed by atoms with E-state index in [1.54, 1.807) is 13.8 Å². The fourth-order valence-corrected chi connectivity index (χ4v) is 4.91. The van der Waals surface area contributed by atoms with Crippen LogP contribution in [0.15, 0.2) is 16.0 Å². The SMILES string of the molecule is COC(=O)c1c(C)c(OC)cc(O)c1CSC[C@H](Nc1nc(C(F)(F)F)cs1)c1nc(C)no1. The summed E-state index contributed by atoms with van der Waals surface area (Å²) >= 11 is 2.08. The van der Waals surface area contributed by atoms with E-state index in [-0.39, 0.29) is 33.8 Å². The lowest BCUT2D eigenvalue weighted by Gasteiger charge is -2.17. The van der Waals surface area contributed by atoms with Crippen molar-refractivity contribution >= 4 is 34.2 Å². The summed E-state index contributed by atoms with van der Waals surface area (Å²) in [5, 5.41) is 18.1. The molecular weight excluding hydrogens is 497 g/mol. The Morgan fingerprint density at radius 3 is 2.62 bits per heavy atom. The Kier molecular flexibility index (Phi) is 7.92. The van der Waals surface area contributed by atoms with Crippen LogP contribution in [0.5, 0.6) is 11.5 Å². The summed E-state index contributed by atoms with van der Waals surface area (Å²) in [5.74, 6) is 0.494. The number of rotatable bonds is 9. The maximum atomic E-state index is 12.9. The first-order valence-electron chi connectivity index (χ1n) is 9.70. The van der Waals surface area contributed by atoms with Crippen LogP contribution in [0.1, 0.15) is 44.9 Å². The summed E-state index contributed by atoms with van der Waals surface area (Å²) in [7, 11) is 2.65. The highest BCUT2D eigenvalue weighted by atomic mass is 32.2. The number of benzene rings is 1. The van der Waals surface area contributed by atoms with Crippen molar-refractivity contribution in [3.05, 3.63) is 45.5 Å². The van der Waals surface area contributed by atoms with Crippen LogP contribution in [0.3, 0.4) is 0 Å². The first kappa shape index (κ1) is 25.6. The predicted octanol–water partition coefficient (Wildman–Crippen LogP) is 4.75. The first-order chi connectivity index (χ1) is 16.0. The number of methoxy groups -OCH3 is 2. The van der Waals surface area contributed by atoms with Crippen molar-refractivity contribution in [3.8, 4) is 11.5 Å². The molecule has 3 aromatic rings. The molecule has 0 radical (unpaired) electrons. The number of hydrogen-bond acceptors (Lipinski definition) is 11. The minimum atomic E-state index is -4.56. The number of hydrogen-bond donors (Lipinski definition) is 2. The number of nitrogens with one attached hydrogen (secondary N) is 1. The molecule has 2 aromatic heterocycles. The number of ether oxygens (including phenoxy) is 2. The van der Waals surface area contributed by atoms with Crippen molar-refractivity contribution in [2.45, 2.75) is 31.8 Å². The van der Waals surface area contributed by atoms with E-state index in [2.05, 4.69) is 20.4 Å². The van der Waals surface area contributed by atoms with Crippen molar-refractivity contribution in [3.63, 3.8) is 0 Å². The monoisotopic (exact) mass is 518 g/mol. The highest BCUT2D eigenvalue weighted by molar-refractivity contribution is 7.98. The van der Waals surface area contributed by atoms with Gasteiger partial charge < -0.3 is 24.4 Å². The molecule has 0 amide bonds. The number of aromatic hydroxyl groups is 1. The van der Waals surface area contributed by atoms with Crippen LogP contribution in [0.4, 0.5) is 18.3 Å². The lowest BCUT2D eigenvalue weighted by molar-refractivity contribution is -0.140. The zero-order valence-electron chi connectivity index (χ0n) is 18.5. The Labute approximate surface area is 200 Å². The van der Waals surface area contributed by atoms with Gasteiger partial charge in [-0.2, -0.15) is 29.9 Å². The Morgan fingerprint density at radius 2 is 2.06 bits per heavy atom. The Hall–Kier alpha value is -3.00. The highest BCUT2D eigenvalue weighted by Crippen LogP contribution is 2.37. The number of halogens is 3. The molecule has 1 aromatic carbocycles. The highest BCUT2D eigenvalue weighted by Gasteiger charge is 2.34. The third-order valence-corrected chi connectivity index (χ3v) is 6.53. The molecule has 9 nitrogen and oxygen atoms in total. The average Bonchev–Trinajstić information content (AvgIpc) is 3.43. The van der Waals surface area contributed by atoms with Crippen LogP contribution in [-0.4, -0.2) is 46.2 Å². The number of anilines is 1. The van der Waals surface area contributed by atoms with Crippen LogP contribution in [0.2, 0.25) is 0 Å². The molecule has 184 valence electrons. The molecule has 0 bridgehead atoms. The molecule has 0 fully saturated rings. The van der Waals surface area contributed by atoms with Gasteiger partial charge in [0.15, 0.2) is 16.6 Å². The summed E-state index contributed by atoms with van der Waals surface area (Å²) in [6.45, 7) is 3.29. The number of esters is 1. The standard InChI is InChI=1S/C20H21F3N4O5S2/c1-9-14(30-3)5-13(28)11(16(9)18(29)31-4)6-33-7-12(17-24-10(2)27-32-17)25-19-26-15(8-34-19)20(21,22)23/h5,8,12,28H,6-7H2,1-4H3,(H,25,26)/t12-/m0/s1. The van der Waals surface area contributed by atoms with Crippen LogP contribution in [-0.2, 0) is 16.7 Å². The van der Waals surface area contributed by atoms with Crippen LogP contribution < -0.4 is 10.1 Å². The number of aromatic nitrogens is 3. The van der Waals surface area contributed by atoms with Gasteiger partial charge in [-0.25, -0.2) is 9.78 Å². The number of carbonyl (C=O) groups excluding carboxylic acids is 1. The van der Waals surface area contributed by atoms with Crippen LogP contribution in [0, 0.1) is 13.8 Å². The molecule has 0 saturated heterocycles. The Morgan fingerprint density at radius 1 is 1.32 bits per heavy atom. The van der Waals surface area contributed by atoms with E-state index in [9.17, 15) is 23.1 Å². The van der Waals surface area contributed by atoms with Crippen molar-refractivity contribution in [1.82, 2.24) is 15.1 Å². The summed E-state index contributed by atoms with van der Waals surface area (Å²) < 4.78 is 54.0. The molecule has 3 rings (SSSR count). The van der Waals surface area contributed by atoms with Gasteiger partial charge in [0.1, 0.15) is 17.5 Å². The molecule has 0 spiro atoms. The average molecular weight is 519 g/mol. The van der Waals surface area contributed by atoms with E-state index in [1.807, 2.05) is 0 Å². The number of alkyl halides is 3. The zero-order valence-corrected chi connectivity index (χ0v) is 20.2. The molecule has 0 aliphatic carbocycles. The number of thiazole rings is 1. The van der Waals surface area contributed by atoms with Gasteiger partial charge >= 0.3 is 12.1 Å². The number of carbonyl (C=O) groups is 1. The van der Waals surface area contributed by atoms with Gasteiger partial charge in [-0.3, -0.25) is 0 Å². The van der Waals surface area contributed by atoms with Crippen LogP contribution >= 0.6 is 23.1 Å². The Balaban J connectivity index is 1.82. The molecule has 1 atom stereocenters. The minimum absolute atomic E-state index is 0.0344. The topological polar surface area (TPSA) is 120 Å². The quantitative estimate of drug-likeness (QED) is 0.384. The molecule has 2 N–H and O–H groups in total. The third kappa shape index (κ3) is 5.73. The normalized spacial score (nSPS) is 12.4. The van der Waals surface area contributed by atoms with Gasteiger partial charge in [0.2, 0.25) is 5.89 Å². The minimum Gasteiger partial charge on any atom is -0.507 e. The van der Waals surface area contributed by atoms with Gasteiger partial charge in [0.05, 0.1) is 19.8 Å². The summed E-state index contributed by atoms with van der Waals surface area (Å²) in [6.07, 6.45) is -4.56. The van der Waals surface area contributed by atoms with Crippen molar-refractivity contribution in [1.29, 1.82) is 0 Å². The van der Waals surface area contributed by atoms with E-state index < -0.39 is 23.9 Å². The van der Waals surface area contributed by atoms with E-state index in [4.69, 9.17) is 14.0 Å². The summed E-state index contributed by atoms with van der Waals surface area (Å²) in [5.41, 5.74) is 0.0193. The number of phenolic OH excluding ortho intramolecular Hbond substituents is 1. The largest absolute Gasteiger partial charge is 0.507 e. The number of aryl methyl sites for hydroxylation is 1. The van der Waals surface area contributed by atoms with E-state index in [0.29, 0.717) is 22.7 Å². The van der Waals surface area contributed by atoms with Crippen LogP contribution in [0.25, 0.3) is 0 Å². The molecule has 0 unspecified atom stereocenters. The van der Waals surface area contributed by atoms with Gasteiger partial charge in [-0.15, -0.1) is 11.3 Å². The van der Waals surface area contributed by atoms with Gasteiger partial charge in [-0.05, 0) is 13.8 Å². The second-order valence-electron chi connectivity index (χ2n) is 7.00. The smallest absolute Gasteiger partial charge is 0.434 e.